The van der Waals surface area contributed by atoms with Gasteiger partial charge in [0.05, 0.1) is 6.33 Å². The number of carbonyl (C=O) groups is 2. The van der Waals surface area contributed by atoms with Crippen molar-refractivity contribution in [2.75, 3.05) is 6.54 Å². The molecule has 1 aromatic carbocycles. The summed E-state index contributed by atoms with van der Waals surface area (Å²) in [5.74, 6) is -0.172. The molecule has 1 atom stereocenters. The Kier molecular flexibility index (Phi) is 5.91. The molecule has 1 fully saturated rings. The second-order valence-electron chi connectivity index (χ2n) is 6.39. The van der Waals surface area contributed by atoms with Crippen LogP contribution < -0.4 is 16.6 Å². The number of likely N-dealkylation sites (N-methyl/N-ethyl adjacent to an activating group) is 1. The number of nitrogens with one attached hydrogen (secondary N) is 3. The molecule has 3 heterocycles. The molecule has 1 aliphatic rings. The van der Waals surface area contributed by atoms with Crippen LogP contribution in [0.25, 0.3) is 11.2 Å². The fourth-order valence-corrected chi connectivity index (χ4v) is 3.10. The first-order valence-electron chi connectivity index (χ1n) is 9.30. The minimum absolute atomic E-state index is 0.172. The first kappa shape index (κ1) is 20.1. The van der Waals surface area contributed by atoms with Gasteiger partial charge in [-0.3, -0.25) is 24.0 Å². The number of hydrogen-bond donors (Lipinski definition) is 3. The molecule has 29 heavy (non-hydrogen) atoms. The van der Waals surface area contributed by atoms with Crippen molar-refractivity contribution in [3.63, 3.8) is 0 Å². The molecule has 1 saturated heterocycles. The summed E-state index contributed by atoms with van der Waals surface area (Å²) >= 11 is 0. The van der Waals surface area contributed by atoms with Crippen LogP contribution in [0.5, 0.6) is 0 Å². The lowest BCUT2D eigenvalue weighted by atomic mass is 10.1. The monoisotopic (exact) mass is 398 g/mol. The summed E-state index contributed by atoms with van der Waals surface area (Å²) in [6.07, 6.45) is 2.22. The molecule has 0 saturated carbocycles. The molecule has 0 radical (unpaired) electrons. The van der Waals surface area contributed by atoms with E-state index in [0.29, 0.717) is 24.3 Å². The number of urea groups is 1. The molecule has 3 N–H and O–H groups in total. The van der Waals surface area contributed by atoms with Crippen molar-refractivity contribution in [1.82, 2.24) is 29.7 Å². The molecule has 4 rings (SSSR count). The second-order valence-corrected chi connectivity index (χ2v) is 6.39. The number of aromatic amines is 2. The van der Waals surface area contributed by atoms with Gasteiger partial charge in [-0.05, 0) is 18.9 Å². The highest BCUT2D eigenvalue weighted by Crippen LogP contribution is 2.20. The van der Waals surface area contributed by atoms with Gasteiger partial charge in [-0.2, -0.15) is 0 Å². The Labute approximate surface area is 165 Å². The molecule has 0 bridgehead atoms. The van der Waals surface area contributed by atoms with Crippen LogP contribution in [0.2, 0.25) is 0 Å². The fourth-order valence-electron chi connectivity index (χ4n) is 3.10. The van der Waals surface area contributed by atoms with E-state index in [1.54, 1.807) is 6.92 Å². The molecule has 10 heteroatoms. The molecule has 0 aliphatic carbocycles. The van der Waals surface area contributed by atoms with Crippen molar-refractivity contribution >= 4 is 23.1 Å². The van der Waals surface area contributed by atoms with Gasteiger partial charge in [-0.1, -0.05) is 37.3 Å². The van der Waals surface area contributed by atoms with E-state index in [0.717, 1.165) is 12.0 Å². The number of imidazole rings is 1. The number of nitrogens with zero attached hydrogens (tertiary/aromatic N) is 3. The zero-order valence-corrected chi connectivity index (χ0v) is 16.1. The number of H-pyrrole nitrogens is 2. The fraction of sp³-hybridized carbons (Fsp3) is 0.316. The van der Waals surface area contributed by atoms with Crippen molar-refractivity contribution in [3.8, 4) is 0 Å². The van der Waals surface area contributed by atoms with E-state index >= 15 is 0 Å². The van der Waals surface area contributed by atoms with E-state index in [1.807, 2.05) is 37.3 Å². The average Bonchev–Trinajstić information content (AvgIpc) is 3.31. The average molecular weight is 398 g/mol. The van der Waals surface area contributed by atoms with Crippen molar-refractivity contribution in [2.24, 2.45) is 0 Å². The Bertz CT molecular complexity index is 1130. The van der Waals surface area contributed by atoms with Crippen LogP contribution in [0.3, 0.4) is 0 Å². The zero-order chi connectivity index (χ0) is 21.0. The molecule has 0 spiro atoms. The van der Waals surface area contributed by atoms with E-state index in [9.17, 15) is 19.2 Å². The molecular formula is C19H22N6O4. The summed E-state index contributed by atoms with van der Waals surface area (Å²) in [7, 11) is 0. The first-order chi connectivity index (χ1) is 14.0. The van der Waals surface area contributed by atoms with Gasteiger partial charge in [0.25, 0.3) is 11.5 Å². The summed E-state index contributed by atoms with van der Waals surface area (Å²) in [6, 6.07) is 8.43. The van der Waals surface area contributed by atoms with Crippen molar-refractivity contribution in [2.45, 2.75) is 32.9 Å². The molecule has 10 nitrogen and oxygen atoms in total. The summed E-state index contributed by atoms with van der Waals surface area (Å²) in [5, 5.41) is 2.66. The minimum atomic E-state index is -0.515. The number of fused-ring (bicyclic) bond motifs is 1. The van der Waals surface area contributed by atoms with Crippen LogP contribution >= 0.6 is 0 Å². The maximum absolute atomic E-state index is 11.8. The Hall–Kier alpha value is -3.69. The van der Waals surface area contributed by atoms with E-state index < -0.39 is 17.3 Å². The maximum Gasteiger partial charge on any atom is 0.330 e. The lowest BCUT2D eigenvalue weighted by Crippen LogP contribution is -2.30. The SMILES string of the molecule is CCCn1c(=O)[nH]c(=O)c2[nH]cnc21.CCN1C(=O)NC(c2ccccc2)C1=O. The highest BCUT2D eigenvalue weighted by Gasteiger charge is 2.37. The third-order valence-electron chi connectivity index (χ3n) is 4.49. The molecule has 3 amide bonds. The van der Waals surface area contributed by atoms with E-state index in [2.05, 4.69) is 20.3 Å². The number of amides is 3. The standard InChI is InChI=1S/C11H12N2O2.C8H10N4O2/c1-2-13-10(14)9(12-11(13)15)8-6-4-3-5-7-8;1-2-3-12-6-5(9-4-10-6)7(13)11-8(12)14/h3-7,9H,2H2,1H3,(H,12,15);4H,2-3H2,1H3,(H,9,10)(H,11,13,14). The Morgan fingerprint density at radius 2 is 1.79 bits per heavy atom. The minimum Gasteiger partial charge on any atom is -0.339 e. The van der Waals surface area contributed by atoms with Crippen molar-refractivity contribution < 1.29 is 9.59 Å². The van der Waals surface area contributed by atoms with Crippen molar-refractivity contribution in [3.05, 3.63) is 63.1 Å². The third-order valence-corrected chi connectivity index (χ3v) is 4.49. The predicted octanol–water partition coefficient (Wildman–Crippen LogP) is 1.12. The number of rotatable bonds is 4. The zero-order valence-electron chi connectivity index (χ0n) is 16.1. The maximum atomic E-state index is 11.8. The largest absolute Gasteiger partial charge is 0.339 e. The van der Waals surface area contributed by atoms with E-state index in [1.165, 1.54) is 15.8 Å². The summed E-state index contributed by atoms with van der Waals surface area (Å²) in [6.45, 7) is 4.70. The number of carbonyl (C=O) groups excluding carboxylic acids is 2. The lowest BCUT2D eigenvalue weighted by molar-refractivity contribution is -0.127. The Morgan fingerprint density at radius 3 is 2.41 bits per heavy atom. The van der Waals surface area contributed by atoms with Gasteiger partial charge in [0, 0.05) is 13.1 Å². The number of hydrogen-bond acceptors (Lipinski definition) is 5. The summed E-state index contributed by atoms with van der Waals surface area (Å²) in [4.78, 5) is 56.0. The van der Waals surface area contributed by atoms with Gasteiger partial charge in [0.15, 0.2) is 5.65 Å². The van der Waals surface area contributed by atoms with E-state index in [-0.39, 0.29) is 11.9 Å². The van der Waals surface area contributed by atoms with Crippen LogP contribution in [0, 0.1) is 0 Å². The predicted molar refractivity (Wildman–Crippen MR) is 106 cm³/mol. The van der Waals surface area contributed by atoms with Crippen molar-refractivity contribution in [1.29, 1.82) is 0 Å². The molecule has 3 aromatic rings. The Balaban J connectivity index is 0.000000166. The molecule has 1 unspecified atom stereocenters. The lowest BCUT2D eigenvalue weighted by Gasteiger charge is -2.09. The number of aryl methyl sites for hydroxylation is 1. The second kappa shape index (κ2) is 8.55. The highest BCUT2D eigenvalue weighted by molar-refractivity contribution is 6.04. The third kappa shape index (κ3) is 3.96. The van der Waals surface area contributed by atoms with Crippen LogP contribution in [0.15, 0.2) is 46.2 Å². The van der Waals surface area contributed by atoms with Gasteiger partial charge < -0.3 is 10.3 Å². The first-order valence-corrected chi connectivity index (χ1v) is 9.30. The quantitative estimate of drug-likeness (QED) is 0.567. The molecule has 2 aromatic heterocycles. The normalized spacial score (nSPS) is 15.9. The van der Waals surface area contributed by atoms with Gasteiger partial charge in [0.2, 0.25) is 0 Å². The topological polar surface area (TPSA) is 133 Å². The van der Waals surface area contributed by atoms with Crippen LogP contribution in [-0.4, -0.2) is 42.9 Å². The molecule has 1 aliphatic heterocycles. The highest BCUT2D eigenvalue weighted by atomic mass is 16.2. The van der Waals surface area contributed by atoms with Crippen LogP contribution in [0.1, 0.15) is 31.9 Å². The summed E-state index contributed by atoms with van der Waals surface area (Å²) in [5.41, 5.74) is 0.761. The summed E-state index contributed by atoms with van der Waals surface area (Å²) < 4.78 is 1.45. The van der Waals surface area contributed by atoms with E-state index in [4.69, 9.17) is 0 Å². The Morgan fingerprint density at radius 1 is 1.07 bits per heavy atom. The molecule has 152 valence electrons. The number of imide groups is 1. The number of aromatic nitrogens is 4. The van der Waals surface area contributed by atoms with Gasteiger partial charge >= 0.3 is 11.7 Å². The molecular weight excluding hydrogens is 376 g/mol. The van der Waals surface area contributed by atoms with Gasteiger partial charge in [-0.25, -0.2) is 14.6 Å². The van der Waals surface area contributed by atoms with Gasteiger partial charge in [0.1, 0.15) is 11.6 Å². The van der Waals surface area contributed by atoms with Crippen LogP contribution in [-0.2, 0) is 11.3 Å². The smallest absolute Gasteiger partial charge is 0.330 e. The number of benzene rings is 1. The van der Waals surface area contributed by atoms with Gasteiger partial charge in [-0.15, -0.1) is 0 Å². The van der Waals surface area contributed by atoms with Crippen LogP contribution in [0.4, 0.5) is 4.79 Å².